The fourth-order valence-corrected chi connectivity index (χ4v) is 2.32. The van der Waals surface area contributed by atoms with Crippen molar-refractivity contribution in [1.29, 1.82) is 0 Å². The molecule has 4 nitrogen and oxygen atoms in total. The molecule has 1 saturated heterocycles. The van der Waals surface area contributed by atoms with Crippen LogP contribution in [0.4, 0.5) is 0 Å². The lowest BCUT2D eigenvalue weighted by atomic mass is 10.0. The maximum absolute atomic E-state index is 12.2. The SMILES string of the molecule is CN[C@@H](Cc1ccccc1)C(=O)NC1CCOCC1.Cl. The molecule has 1 aromatic carbocycles. The molecule has 1 fully saturated rings. The summed E-state index contributed by atoms with van der Waals surface area (Å²) in [4.78, 5) is 12.2. The van der Waals surface area contributed by atoms with E-state index in [4.69, 9.17) is 4.74 Å². The molecule has 0 saturated carbocycles. The summed E-state index contributed by atoms with van der Waals surface area (Å²) in [6, 6.07) is 10.2. The average molecular weight is 299 g/mol. The van der Waals surface area contributed by atoms with Gasteiger partial charge < -0.3 is 15.4 Å². The van der Waals surface area contributed by atoms with Gasteiger partial charge in [0.1, 0.15) is 0 Å². The van der Waals surface area contributed by atoms with E-state index in [1.54, 1.807) is 0 Å². The maximum Gasteiger partial charge on any atom is 0.237 e. The second-order valence-electron chi connectivity index (χ2n) is 4.93. The molecule has 0 aromatic heterocycles. The number of hydrogen-bond donors (Lipinski definition) is 2. The number of carbonyl (C=O) groups excluding carboxylic acids is 1. The third-order valence-corrected chi connectivity index (χ3v) is 3.52. The Hall–Kier alpha value is -1.10. The smallest absolute Gasteiger partial charge is 0.237 e. The van der Waals surface area contributed by atoms with Gasteiger partial charge in [0, 0.05) is 19.3 Å². The summed E-state index contributed by atoms with van der Waals surface area (Å²) in [5.74, 6) is 0.0817. The van der Waals surface area contributed by atoms with Gasteiger partial charge in [0.05, 0.1) is 6.04 Å². The third-order valence-electron chi connectivity index (χ3n) is 3.52. The molecule has 1 amide bonds. The summed E-state index contributed by atoms with van der Waals surface area (Å²) in [5, 5.41) is 6.21. The quantitative estimate of drug-likeness (QED) is 0.867. The lowest BCUT2D eigenvalue weighted by Crippen LogP contribution is -2.49. The number of rotatable bonds is 5. The number of ether oxygens (including phenoxy) is 1. The van der Waals surface area contributed by atoms with E-state index < -0.39 is 0 Å². The highest BCUT2D eigenvalue weighted by molar-refractivity contribution is 5.85. The van der Waals surface area contributed by atoms with Crippen LogP contribution < -0.4 is 10.6 Å². The van der Waals surface area contributed by atoms with Crippen molar-refractivity contribution in [2.45, 2.75) is 31.3 Å². The van der Waals surface area contributed by atoms with Crippen molar-refractivity contribution in [2.75, 3.05) is 20.3 Å². The van der Waals surface area contributed by atoms with Gasteiger partial charge in [-0.2, -0.15) is 0 Å². The van der Waals surface area contributed by atoms with Crippen LogP contribution in [0.3, 0.4) is 0 Å². The van der Waals surface area contributed by atoms with Gasteiger partial charge in [-0.3, -0.25) is 4.79 Å². The predicted octanol–water partition coefficient (Wildman–Crippen LogP) is 1.53. The summed E-state index contributed by atoms with van der Waals surface area (Å²) in [6.07, 6.45) is 2.54. The monoisotopic (exact) mass is 298 g/mol. The van der Waals surface area contributed by atoms with E-state index >= 15 is 0 Å². The molecule has 2 N–H and O–H groups in total. The second kappa shape index (κ2) is 8.95. The topological polar surface area (TPSA) is 50.4 Å². The molecule has 20 heavy (non-hydrogen) atoms. The molecular formula is C15H23ClN2O2. The van der Waals surface area contributed by atoms with E-state index in [9.17, 15) is 4.79 Å². The molecule has 1 aromatic rings. The number of halogens is 1. The minimum atomic E-state index is -0.176. The molecule has 0 bridgehead atoms. The molecule has 2 rings (SSSR count). The van der Waals surface area contributed by atoms with E-state index in [1.807, 2.05) is 37.4 Å². The molecule has 1 atom stereocenters. The first-order valence-corrected chi connectivity index (χ1v) is 6.89. The molecule has 1 aliphatic rings. The summed E-state index contributed by atoms with van der Waals surface area (Å²) >= 11 is 0. The lowest BCUT2D eigenvalue weighted by molar-refractivity contribution is -0.124. The normalized spacial score (nSPS) is 17.1. The lowest BCUT2D eigenvalue weighted by Gasteiger charge is -2.25. The van der Waals surface area contributed by atoms with Crippen LogP contribution in [0.1, 0.15) is 18.4 Å². The van der Waals surface area contributed by atoms with Crippen LogP contribution in [-0.2, 0) is 16.0 Å². The number of nitrogens with one attached hydrogen (secondary N) is 2. The summed E-state index contributed by atoms with van der Waals surface area (Å²) in [5.41, 5.74) is 1.17. The molecule has 0 radical (unpaired) electrons. The molecule has 1 heterocycles. The fraction of sp³-hybridized carbons (Fsp3) is 0.533. The largest absolute Gasteiger partial charge is 0.381 e. The maximum atomic E-state index is 12.2. The Morgan fingerprint density at radius 3 is 2.55 bits per heavy atom. The van der Waals surface area contributed by atoms with Crippen molar-refractivity contribution in [2.24, 2.45) is 0 Å². The van der Waals surface area contributed by atoms with E-state index in [1.165, 1.54) is 5.56 Å². The van der Waals surface area contributed by atoms with Gasteiger partial charge in [0.15, 0.2) is 0 Å². The molecule has 0 unspecified atom stereocenters. The zero-order valence-electron chi connectivity index (χ0n) is 11.8. The summed E-state index contributed by atoms with van der Waals surface area (Å²) in [6.45, 7) is 1.49. The number of carbonyl (C=O) groups is 1. The molecular weight excluding hydrogens is 276 g/mol. The number of likely N-dealkylation sites (N-methyl/N-ethyl adjacent to an activating group) is 1. The Balaban J connectivity index is 0.00000200. The summed E-state index contributed by atoms with van der Waals surface area (Å²) in [7, 11) is 1.83. The number of amides is 1. The van der Waals surface area contributed by atoms with Gasteiger partial charge in [0.2, 0.25) is 5.91 Å². The Morgan fingerprint density at radius 2 is 1.95 bits per heavy atom. The second-order valence-corrected chi connectivity index (χ2v) is 4.93. The van der Waals surface area contributed by atoms with Gasteiger partial charge in [-0.05, 0) is 31.9 Å². The van der Waals surface area contributed by atoms with Crippen LogP contribution >= 0.6 is 12.4 Å². The van der Waals surface area contributed by atoms with E-state index in [0.717, 1.165) is 26.1 Å². The van der Waals surface area contributed by atoms with Gasteiger partial charge in [0.25, 0.3) is 0 Å². The van der Waals surface area contributed by atoms with Crippen LogP contribution in [0.2, 0.25) is 0 Å². The van der Waals surface area contributed by atoms with E-state index in [2.05, 4.69) is 10.6 Å². The minimum Gasteiger partial charge on any atom is -0.381 e. The van der Waals surface area contributed by atoms with E-state index in [0.29, 0.717) is 6.42 Å². The standard InChI is InChI=1S/C15H22N2O2.ClH/c1-16-14(11-12-5-3-2-4-6-12)15(18)17-13-7-9-19-10-8-13;/h2-6,13-14,16H,7-11H2,1H3,(H,17,18);1H/t14-;/m0./s1. The molecule has 0 spiro atoms. The average Bonchev–Trinajstić information content (AvgIpc) is 2.47. The van der Waals surface area contributed by atoms with Crippen molar-refractivity contribution in [3.63, 3.8) is 0 Å². The Labute approximate surface area is 126 Å². The zero-order chi connectivity index (χ0) is 13.5. The van der Waals surface area contributed by atoms with Gasteiger partial charge in [-0.1, -0.05) is 30.3 Å². The van der Waals surface area contributed by atoms with Crippen LogP contribution in [-0.4, -0.2) is 38.3 Å². The minimum absolute atomic E-state index is 0. The third kappa shape index (κ3) is 5.12. The first-order chi connectivity index (χ1) is 9.29. The highest BCUT2D eigenvalue weighted by Gasteiger charge is 2.21. The molecule has 112 valence electrons. The van der Waals surface area contributed by atoms with Crippen LogP contribution in [0.25, 0.3) is 0 Å². The van der Waals surface area contributed by atoms with Gasteiger partial charge in [-0.15, -0.1) is 12.4 Å². The fourth-order valence-electron chi connectivity index (χ4n) is 2.32. The first kappa shape index (κ1) is 17.0. The Morgan fingerprint density at radius 1 is 1.30 bits per heavy atom. The summed E-state index contributed by atoms with van der Waals surface area (Å²) < 4.78 is 5.30. The molecule has 1 aliphatic heterocycles. The van der Waals surface area contributed by atoms with Crippen molar-refractivity contribution < 1.29 is 9.53 Å². The number of benzene rings is 1. The van der Waals surface area contributed by atoms with Crippen LogP contribution in [0.5, 0.6) is 0 Å². The van der Waals surface area contributed by atoms with Gasteiger partial charge in [-0.25, -0.2) is 0 Å². The van der Waals surface area contributed by atoms with Gasteiger partial charge >= 0.3 is 0 Å². The van der Waals surface area contributed by atoms with E-state index in [-0.39, 0.29) is 30.4 Å². The Kier molecular flexibility index (Phi) is 7.59. The van der Waals surface area contributed by atoms with Crippen molar-refractivity contribution in [3.05, 3.63) is 35.9 Å². The molecule has 0 aliphatic carbocycles. The first-order valence-electron chi connectivity index (χ1n) is 6.89. The molecule has 5 heteroatoms. The van der Waals surface area contributed by atoms with Crippen molar-refractivity contribution in [1.82, 2.24) is 10.6 Å². The van der Waals surface area contributed by atoms with Crippen molar-refractivity contribution >= 4 is 18.3 Å². The highest BCUT2D eigenvalue weighted by atomic mass is 35.5. The van der Waals surface area contributed by atoms with Crippen LogP contribution in [0, 0.1) is 0 Å². The number of hydrogen-bond acceptors (Lipinski definition) is 3. The highest BCUT2D eigenvalue weighted by Crippen LogP contribution is 2.08. The van der Waals surface area contributed by atoms with Crippen molar-refractivity contribution in [3.8, 4) is 0 Å². The van der Waals surface area contributed by atoms with Crippen LogP contribution in [0.15, 0.2) is 30.3 Å². The Bertz CT molecular complexity index is 394. The zero-order valence-corrected chi connectivity index (χ0v) is 12.6. The predicted molar refractivity (Wildman–Crippen MR) is 82.2 cm³/mol.